The number of amides is 2. The summed E-state index contributed by atoms with van der Waals surface area (Å²) in [4.78, 5) is 35.0. The van der Waals surface area contributed by atoms with Gasteiger partial charge in [-0.3, -0.25) is 14.6 Å². The third-order valence-corrected chi connectivity index (χ3v) is 6.41. The molecular formula is C31H27FN6O3. The summed E-state index contributed by atoms with van der Waals surface area (Å²) in [5, 5.41) is 21.1. The van der Waals surface area contributed by atoms with Gasteiger partial charge < -0.3 is 15.7 Å². The molecule has 0 saturated heterocycles. The highest BCUT2D eigenvalue weighted by Crippen LogP contribution is 2.20. The highest BCUT2D eigenvalue weighted by molar-refractivity contribution is 5.97. The van der Waals surface area contributed by atoms with Gasteiger partial charge in [0.2, 0.25) is 0 Å². The smallest absolute Gasteiger partial charge is 0.255 e. The maximum atomic E-state index is 13.6. The minimum Gasteiger partial charge on any atom is -0.381 e. The lowest BCUT2D eigenvalue weighted by atomic mass is 10.00. The molecule has 2 unspecified atom stereocenters. The van der Waals surface area contributed by atoms with Gasteiger partial charge in [0.1, 0.15) is 5.82 Å². The summed E-state index contributed by atoms with van der Waals surface area (Å²) in [7, 11) is 0. The van der Waals surface area contributed by atoms with Crippen LogP contribution in [0, 0.1) is 5.82 Å². The van der Waals surface area contributed by atoms with Gasteiger partial charge in [-0.05, 0) is 66.6 Å². The molecule has 0 aliphatic carbocycles. The average molecular weight is 551 g/mol. The molecular weight excluding hydrogens is 523 g/mol. The van der Waals surface area contributed by atoms with Crippen molar-refractivity contribution in [3.63, 3.8) is 0 Å². The Labute approximate surface area is 235 Å². The van der Waals surface area contributed by atoms with Crippen molar-refractivity contribution in [3.8, 4) is 17.1 Å². The van der Waals surface area contributed by atoms with Crippen molar-refractivity contribution in [3.05, 3.63) is 132 Å². The summed E-state index contributed by atoms with van der Waals surface area (Å²) in [6.45, 7) is 0.130. The monoisotopic (exact) mass is 550 g/mol. The van der Waals surface area contributed by atoms with Crippen LogP contribution in [0.1, 0.15) is 21.6 Å². The van der Waals surface area contributed by atoms with E-state index in [0.29, 0.717) is 17.0 Å². The van der Waals surface area contributed by atoms with Crippen LogP contribution in [0.5, 0.6) is 0 Å². The van der Waals surface area contributed by atoms with Crippen LogP contribution in [0.4, 0.5) is 4.39 Å². The van der Waals surface area contributed by atoms with Crippen LogP contribution in [0.15, 0.2) is 110 Å². The van der Waals surface area contributed by atoms with E-state index in [1.165, 1.54) is 23.0 Å². The predicted octanol–water partition coefficient (Wildman–Crippen LogP) is 3.49. The van der Waals surface area contributed by atoms with E-state index in [4.69, 9.17) is 0 Å². The van der Waals surface area contributed by atoms with E-state index in [0.717, 1.165) is 5.56 Å². The lowest BCUT2D eigenvalue weighted by molar-refractivity contribution is -0.130. The molecule has 2 atom stereocenters. The largest absolute Gasteiger partial charge is 0.381 e. The molecule has 0 radical (unpaired) electrons. The molecule has 5 aromatic rings. The topological polar surface area (TPSA) is 122 Å². The van der Waals surface area contributed by atoms with Gasteiger partial charge in [-0.25, -0.2) is 14.1 Å². The molecule has 10 heteroatoms. The third-order valence-electron chi connectivity index (χ3n) is 6.41. The first-order valence-electron chi connectivity index (χ1n) is 13.0. The lowest BCUT2D eigenvalue weighted by Gasteiger charge is -2.24. The number of hydrogen-bond acceptors (Lipinski definition) is 6. The van der Waals surface area contributed by atoms with Crippen molar-refractivity contribution in [2.45, 2.75) is 25.1 Å². The Morgan fingerprint density at radius 2 is 1.63 bits per heavy atom. The maximum absolute atomic E-state index is 13.6. The minimum atomic E-state index is -1.54. The summed E-state index contributed by atoms with van der Waals surface area (Å²) < 4.78 is 14.8. The summed E-state index contributed by atoms with van der Waals surface area (Å²) in [6, 6.07) is 24.5. The Kier molecular flexibility index (Phi) is 8.51. The summed E-state index contributed by atoms with van der Waals surface area (Å²) in [5.74, 6) is -1.27. The zero-order valence-corrected chi connectivity index (χ0v) is 21.9. The first-order chi connectivity index (χ1) is 20.0. The van der Waals surface area contributed by atoms with Gasteiger partial charge in [-0.2, -0.15) is 5.10 Å². The normalized spacial score (nSPS) is 12.3. The summed E-state index contributed by atoms with van der Waals surface area (Å²) >= 11 is 0. The van der Waals surface area contributed by atoms with E-state index in [9.17, 15) is 19.1 Å². The molecule has 0 aliphatic heterocycles. The second kappa shape index (κ2) is 12.8. The number of pyridine rings is 2. The number of carbonyl (C=O) groups excluding carboxylic acids is 2. The van der Waals surface area contributed by atoms with E-state index >= 15 is 0 Å². The highest BCUT2D eigenvalue weighted by Gasteiger charge is 2.29. The number of hydrogen-bond donors (Lipinski definition) is 3. The lowest BCUT2D eigenvalue weighted by Crippen LogP contribution is -2.51. The quantitative estimate of drug-likeness (QED) is 0.245. The zero-order chi connectivity index (χ0) is 28.6. The van der Waals surface area contributed by atoms with E-state index in [-0.39, 0.29) is 30.2 Å². The second-order valence-corrected chi connectivity index (χ2v) is 9.28. The molecule has 0 saturated carbocycles. The van der Waals surface area contributed by atoms with Crippen molar-refractivity contribution >= 4 is 11.8 Å². The molecule has 5 rings (SSSR count). The van der Waals surface area contributed by atoms with Gasteiger partial charge in [-0.1, -0.05) is 36.4 Å². The molecule has 3 aromatic heterocycles. The van der Waals surface area contributed by atoms with Crippen LogP contribution < -0.4 is 10.6 Å². The van der Waals surface area contributed by atoms with Crippen molar-refractivity contribution in [1.82, 2.24) is 30.4 Å². The number of halogens is 1. The predicted molar refractivity (Wildman–Crippen MR) is 150 cm³/mol. The third kappa shape index (κ3) is 6.87. The Morgan fingerprint density at radius 3 is 2.39 bits per heavy atom. The fraction of sp³-hybridized carbons (Fsp3) is 0.129. The SMILES string of the molecule is O=C(NC(Cc1ccccc1)C(O)C(=O)NCc1ccccn1)c1cccnc1-n1ccc(-c2ccc(F)cc2)n1. The van der Waals surface area contributed by atoms with Crippen molar-refractivity contribution in [2.75, 3.05) is 0 Å². The average Bonchev–Trinajstić information content (AvgIpc) is 3.51. The zero-order valence-electron chi connectivity index (χ0n) is 21.9. The second-order valence-electron chi connectivity index (χ2n) is 9.28. The van der Waals surface area contributed by atoms with Crippen molar-refractivity contribution < 1.29 is 19.1 Å². The van der Waals surface area contributed by atoms with Crippen molar-refractivity contribution in [2.24, 2.45) is 0 Å². The van der Waals surface area contributed by atoms with Gasteiger partial charge in [0.25, 0.3) is 11.8 Å². The summed E-state index contributed by atoms with van der Waals surface area (Å²) in [5.41, 5.74) is 2.94. The number of nitrogens with zero attached hydrogens (tertiary/aromatic N) is 4. The van der Waals surface area contributed by atoms with E-state index < -0.39 is 24.0 Å². The molecule has 2 aromatic carbocycles. The Bertz CT molecular complexity index is 1610. The summed E-state index contributed by atoms with van der Waals surface area (Å²) in [6.07, 6.45) is 3.46. The Balaban J connectivity index is 1.36. The van der Waals surface area contributed by atoms with Crippen LogP contribution in [0.3, 0.4) is 0 Å². The van der Waals surface area contributed by atoms with Gasteiger partial charge in [0, 0.05) is 24.2 Å². The Hall–Kier alpha value is -5.22. The molecule has 0 fully saturated rings. The number of benzene rings is 2. The fourth-order valence-electron chi connectivity index (χ4n) is 4.30. The van der Waals surface area contributed by atoms with E-state index in [1.54, 1.807) is 60.9 Å². The number of aliphatic hydroxyl groups excluding tert-OH is 1. The number of rotatable bonds is 10. The molecule has 0 bridgehead atoms. The molecule has 3 N–H and O–H groups in total. The number of nitrogens with one attached hydrogen (secondary N) is 2. The molecule has 0 aliphatic rings. The number of aromatic nitrogens is 4. The van der Waals surface area contributed by atoms with Gasteiger partial charge in [0.05, 0.1) is 29.5 Å². The van der Waals surface area contributed by atoms with Crippen LogP contribution in [0.2, 0.25) is 0 Å². The maximum Gasteiger partial charge on any atom is 0.255 e. The van der Waals surface area contributed by atoms with Crippen LogP contribution in [-0.4, -0.2) is 48.8 Å². The molecule has 0 spiro atoms. The first-order valence-corrected chi connectivity index (χ1v) is 13.0. The van der Waals surface area contributed by atoms with Crippen LogP contribution in [-0.2, 0) is 17.8 Å². The molecule has 3 heterocycles. The first kappa shape index (κ1) is 27.4. The molecule has 2 amide bonds. The molecule has 206 valence electrons. The molecule has 9 nitrogen and oxygen atoms in total. The van der Waals surface area contributed by atoms with Crippen LogP contribution in [0.25, 0.3) is 17.1 Å². The fourth-order valence-corrected chi connectivity index (χ4v) is 4.30. The number of carbonyl (C=O) groups is 2. The van der Waals surface area contributed by atoms with E-state index in [2.05, 4.69) is 25.7 Å². The van der Waals surface area contributed by atoms with Gasteiger partial charge in [0.15, 0.2) is 11.9 Å². The van der Waals surface area contributed by atoms with Crippen LogP contribution >= 0.6 is 0 Å². The van der Waals surface area contributed by atoms with Gasteiger partial charge >= 0.3 is 0 Å². The highest BCUT2D eigenvalue weighted by atomic mass is 19.1. The standard InChI is InChI=1S/C31H27FN6O3/c32-23-13-11-22(12-14-23)26-15-18-38(37-26)29-25(10-6-17-34-29)30(40)36-27(19-21-7-2-1-3-8-21)28(39)31(41)35-20-24-9-4-5-16-33-24/h1-18,27-28,39H,19-20H2,(H,35,41)(H,36,40). The molecule has 41 heavy (non-hydrogen) atoms. The van der Waals surface area contributed by atoms with Crippen molar-refractivity contribution in [1.29, 1.82) is 0 Å². The van der Waals surface area contributed by atoms with Gasteiger partial charge in [-0.15, -0.1) is 0 Å². The van der Waals surface area contributed by atoms with E-state index in [1.807, 2.05) is 30.3 Å². The number of aliphatic hydroxyl groups is 1. The minimum absolute atomic E-state index is 0.130. The Morgan fingerprint density at radius 1 is 0.878 bits per heavy atom.